The van der Waals surface area contributed by atoms with Crippen LogP contribution in [0.3, 0.4) is 0 Å². The van der Waals surface area contributed by atoms with E-state index in [1.54, 1.807) is 24.3 Å². The molecule has 2 aromatic rings. The SMILES string of the molecule is CN(CC(=O)Nc1ncccn1)C(=O)c1ccc(Br)cc1C1CC1F. The Kier molecular flexibility index (Phi) is 5.08. The Bertz CT molecular complexity index is 802. The van der Waals surface area contributed by atoms with Crippen LogP contribution in [0.25, 0.3) is 0 Å². The molecule has 1 heterocycles. The summed E-state index contributed by atoms with van der Waals surface area (Å²) in [6.07, 6.45) is 2.53. The van der Waals surface area contributed by atoms with Gasteiger partial charge in [-0.3, -0.25) is 14.9 Å². The molecule has 1 aliphatic rings. The number of amides is 2. The first-order valence-corrected chi connectivity index (χ1v) is 8.51. The molecule has 2 unspecified atom stereocenters. The van der Waals surface area contributed by atoms with Crippen molar-refractivity contribution in [1.29, 1.82) is 0 Å². The zero-order chi connectivity index (χ0) is 18.0. The van der Waals surface area contributed by atoms with Crippen molar-refractivity contribution >= 4 is 33.7 Å². The fourth-order valence-electron chi connectivity index (χ4n) is 2.54. The number of hydrogen-bond acceptors (Lipinski definition) is 4. The zero-order valence-electron chi connectivity index (χ0n) is 13.4. The first kappa shape index (κ1) is 17.5. The summed E-state index contributed by atoms with van der Waals surface area (Å²) in [5, 5.41) is 2.52. The molecule has 6 nitrogen and oxygen atoms in total. The molecule has 0 saturated heterocycles. The van der Waals surface area contributed by atoms with Crippen LogP contribution in [0.4, 0.5) is 10.3 Å². The van der Waals surface area contributed by atoms with E-state index in [-0.39, 0.29) is 24.3 Å². The van der Waals surface area contributed by atoms with Crippen molar-refractivity contribution in [2.45, 2.75) is 18.5 Å². The van der Waals surface area contributed by atoms with Crippen molar-refractivity contribution in [3.63, 3.8) is 0 Å². The van der Waals surface area contributed by atoms with Gasteiger partial charge >= 0.3 is 0 Å². The second kappa shape index (κ2) is 7.26. The fourth-order valence-corrected chi connectivity index (χ4v) is 2.92. The topological polar surface area (TPSA) is 75.2 Å². The van der Waals surface area contributed by atoms with E-state index < -0.39 is 12.1 Å². The van der Waals surface area contributed by atoms with Crippen molar-refractivity contribution in [2.75, 3.05) is 18.9 Å². The number of halogens is 2. The third kappa shape index (κ3) is 4.19. The number of carbonyl (C=O) groups is 2. The van der Waals surface area contributed by atoms with Crippen LogP contribution in [0.5, 0.6) is 0 Å². The summed E-state index contributed by atoms with van der Waals surface area (Å²) in [4.78, 5) is 33.8. The van der Waals surface area contributed by atoms with Gasteiger partial charge < -0.3 is 4.90 Å². The van der Waals surface area contributed by atoms with Gasteiger partial charge in [0.05, 0.1) is 6.54 Å². The van der Waals surface area contributed by atoms with Crippen LogP contribution in [0.1, 0.15) is 28.3 Å². The first-order valence-electron chi connectivity index (χ1n) is 7.71. The molecule has 0 bridgehead atoms. The third-order valence-corrected chi connectivity index (χ3v) is 4.39. The molecule has 130 valence electrons. The van der Waals surface area contributed by atoms with E-state index in [9.17, 15) is 14.0 Å². The molecule has 25 heavy (non-hydrogen) atoms. The van der Waals surface area contributed by atoms with E-state index in [4.69, 9.17) is 0 Å². The number of aromatic nitrogens is 2. The largest absolute Gasteiger partial charge is 0.332 e. The lowest BCUT2D eigenvalue weighted by Gasteiger charge is -2.18. The average Bonchev–Trinajstić information content (AvgIpc) is 3.31. The van der Waals surface area contributed by atoms with Crippen LogP contribution in [-0.4, -0.2) is 46.4 Å². The summed E-state index contributed by atoms with van der Waals surface area (Å²) < 4.78 is 14.3. The Morgan fingerprint density at radius 3 is 2.68 bits per heavy atom. The Hall–Kier alpha value is -2.35. The van der Waals surface area contributed by atoms with Gasteiger partial charge in [-0.25, -0.2) is 14.4 Å². The van der Waals surface area contributed by atoms with Gasteiger partial charge in [0, 0.05) is 35.4 Å². The summed E-state index contributed by atoms with van der Waals surface area (Å²) in [5.41, 5.74) is 1.09. The highest BCUT2D eigenvalue weighted by molar-refractivity contribution is 9.10. The van der Waals surface area contributed by atoms with Gasteiger partial charge in [-0.15, -0.1) is 0 Å². The van der Waals surface area contributed by atoms with Crippen molar-refractivity contribution in [3.8, 4) is 0 Å². The quantitative estimate of drug-likeness (QED) is 0.827. The summed E-state index contributed by atoms with van der Waals surface area (Å²) in [7, 11) is 1.53. The smallest absolute Gasteiger partial charge is 0.254 e. The van der Waals surface area contributed by atoms with Crippen LogP contribution in [0.15, 0.2) is 41.1 Å². The number of benzene rings is 1. The monoisotopic (exact) mass is 406 g/mol. The number of nitrogens with one attached hydrogen (secondary N) is 1. The molecular weight excluding hydrogens is 391 g/mol. The molecule has 1 saturated carbocycles. The molecule has 0 radical (unpaired) electrons. The summed E-state index contributed by atoms with van der Waals surface area (Å²) in [6, 6.07) is 6.79. The van der Waals surface area contributed by atoms with Crippen LogP contribution in [0, 0.1) is 0 Å². The third-order valence-electron chi connectivity index (χ3n) is 3.90. The minimum Gasteiger partial charge on any atom is -0.332 e. The van der Waals surface area contributed by atoms with Gasteiger partial charge in [0.1, 0.15) is 6.17 Å². The predicted molar refractivity (Wildman–Crippen MR) is 94.0 cm³/mol. The van der Waals surface area contributed by atoms with Gasteiger partial charge in [0.2, 0.25) is 11.9 Å². The van der Waals surface area contributed by atoms with Gasteiger partial charge in [-0.05, 0) is 36.2 Å². The van der Waals surface area contributed by atoms with Crippen molar-refractivity contribution in [1.82, 2.24) is 14.9 Å². The molecule has 8 heteroatoms. The maximum absolute atomic E-state index is 13.5. The van der Waals surface area contributed by atoms with Crippen LogP contribution in [-0.2, 0) is 4.79 Å². The van der Waals surface area contributed by atoms with Gasteiger partial charge in [-0.2, -0.15) is 0 Å². The van der Waals surface area contributed by atoms with Gasteiger partial charge in [-0.1, -0.05) is 15.9 Å². The average molecular weight is 407 g/mol. The molecule has 1 N–H and O–H groups in total. The van der Waals surface area contributed by atoms with Crippen molar-refractivity contribution in [2.24, 2.45) is 0 Å². The number of carbonyl (C=O) groups excluding carboxylic acids is 2. The van der Waals surface area contributed by atoms with E-state index >= 15 is 0 Å². The molecule has 2 amide bonds. The van der Waals surface area contributed by atoms with E-state index in [0.29, 0.717) is 17.5 Å². The highest BCUT2D eigenvalue weighted by Gasteiger charge is 2.41. The first-order chi connectivity index (χ1) is 12.0. The number of anilines is 1. The molecule has 1 aliphatic carbocycles. The standard InChI is InChI=1S/C17H16BrFN4O2/c1-23(9-15(24)22-17-20-5-2-6-21-17)16(25)11-4-3-10(18)7-12(11)13-8-14(13)19/h2-7,13-14H,8-9H2,1H3,(H,20,21,22,24). The van der Waals surface area contributed by atoms with Gasteiger partial charge in [0.15, 0.2) is 0 Å². The minimum atomic E-state index is -0.912. The summed E-state index contributed by atoms with van der Waals surface area (Å²) in [5.74, 6) is -0.812. The molecule has 0 aliphatic heterocycles. The van der Waals surface area contributed by atoms with E-state index in [0.717, 1.165) is 4.47 Å². The highest BCUT2D eigenvalue weighted by Crippen LogP contribution is 2.45. The number of likely N-dealkylation sites (N-methyl/N-ethyl adjacent to an activating group) is 1. The number of rotatable bonds is 5. The predicted octanol–water partition coefficient (Wildman–Crippen LogP) is 2.78. The Balaban J connectivity index is 1.69. The van der Waals surface area contributed by atoms with Crippen molar-refractivity contribution in [3.05, 3.63) is 52.3 Å². The van der Waals surface area contributed by atoms with E-state index in [2.05, 4.69) is 31.2 Å². The molecule has 0 spiro atoms. The zero-order valence-corrected chi connectivity index (χ0v) is 15.0. The number of nitrogens with zero attached hydrogens (tertiary/aromatic N) is 3. The fraction of sp³-hybridized carbons (Fsp3) is 0.294. The van der Waals surface area contributed by atoms with Crippen molar-refractivity contribution < 1.29 is 14.0 Å². The van der Waals surface area contributed by atoms with Crippen LogP contribution < -0.4 is 5.32 Å². The maximum Gasteiger partial charge on any atom is 0.254 e. The molecule has 1 fully saturated rings. The second-order valence-corrected chi connectivity index (χ2v) is 6.79. The molecule has 1 aromatic heterocycles. The van der Waals surface area contributed by atoms with Crippen LogP contribution in [0.2, 0.25) is 0 Å². The molecule has 3 rings (SSSR count). The van der Waals surface area contributed by atoms with E-state index in [1.807, 2.05) is 0 Å². The highest BCUT2D eigenvalue weighted by atomic mass is 79.9. The Morgan fingerprint density at radius 1 is 1.36 bits per heavy atom. The molecule has 2 atom stereocenters. The summed E-state index contributed by atoms with van der Waals surface area (Å²) in [6.45, 7) is -0.156. The minimum absolute atomic E-state index is 0.156. The Morgan fingerprint density at radius 2 is 2.04 bits per heavy atom. The lowest BCUT2D eigenvalue weighted by Crippen LogP contribution is -2.35. The normalized spacial score (nSPS) is 18.5. The lowest BCUT2D eigenvalue weighted by atomic mass is 10.0. The molecule has 1 aromatic carbocycles. The molecular formula is C17H16BrFN4O2. The number of hydrogen-bond donors (Lipinski definition) is 1. The summed E-state index contributed by atoms with van der Waals surface area (Å²) >= 11 is 3.35. The van der Waals surface area contributed by atoms with Gasteiger partial charge in [0.25, 0.3) is 5.91 Å². The Labute approximate surface area is 152 Å². The maximum atomic E-state index is 13.5. The number of alkyl halides is 1. The van der Waals surface area contributed by atoms with Crippen LogP contribution >= 0.6 is 15.9 Å². The van der Waals surface area contributed by atoms with E-state index in [1.165, 1.54) is 24.3 Å². The second-order valence-electron chi connectivity index (χ2n) is 5.87. The lowest BCUT2D eigenvalue weighted by molar-refractivity contribution is -0.116.